The Balaban J connectivity index is 0.00000169. The molecule has 0 bridgehead atoms. The van der Waals surface area contributed by atoms with Crippen LogP contribution in [0, 0.1) is 5.92 Å². The Morgan fingerprint density at radius 1 is 1.27 bits per heavy atom. The second-order valence-corrected chi connectivity index (χ2v) is 7.07. The minimum Gasteiger partial charge on any atom is -0.352 e. The normalized spacial score (nSPS) is 22.0. The number of carbonyl (C=O) groups excluding carboxylic acids is 1. The van der Waals surface area contributed by atoms with Gasteiger partial charge in [-0.2, -0.15) is 0 Å². The number of carbonyl (C=O) groups is 1. The lowest BCUT2D eigenvalue weighted by atomic mass is 9.74. The molecule has 0 spiro atoms. The summed E-state index contributed by atoms with van der Waals surface area (Å²) in [4.78, 5) is 16.5. The Morgan fingerprint density at radius 2 is 1.96 bits per heavy atom. The van der Waals surface area contributed by atoms with Gasteiger partial charge in [0.15, 0.2) is 0 Å². The van der Waals surface area contributed by atoms with Gasteiger partial charge < -0.3 is 15.6 Å². The molecule has 0 saturated heterocycles. The van der Waals surface area contributed by atoms with Crippen LogP contribution in [0.1, 0.15) is 43.7 Å². The van der Waals surface area contributed by atoms with Crippen LogP contribution >= 0.6 is 24.8 Å². The molecule has 1 fully saturated rings. The molecule has 1 aliphatic carbocycles. The lowest BCUT2D eigenvalue weighted by Crippen LogP contribution is -2.52. The smallest absolute Gasteiger partial charge is 0.225 e. The van der Waals surface area contributed by atoms with E-state index in [1.165, 1.54) is 5.56 Å². The highest BCUT2D eigenvalue weighted by atomic mass is 35.5. The molecule has 1 saturated carbocycles. The van der Waals surface area contributed by atoms with Crippen molar-refractivity contribution in [3.8, 4) is 0 Å². The van der Waals surface area contributed by atoms with Gasteiger partial charge in [-0.15, -0.1) is 24.8 Å². The van der Waals surface area contributed by atoms with Crippen LogP contribution in [0.3, 0.4) is 0 Å². The van der Waals surface area contributed by atoms with Crippen molar-refractivity contribution in [2.45, 2.75) is 51.2 Å². The SMILES string of the molecule is CC1(N)CCCCC1C(=O)NCc1ccc(Cn2ccnc2)cc1.Cl.Cl. The Hall–Kier alpha value is -1.56. The van der Waals surface area contributed by atoms with Crippen molar-refractivity contribution in [1.82, 2.24) is 14.9 Å². The van der Waals surface area contributed by atoms with Crippen molar-refractivity contribution in [2.24, 2.45) is 11.7 Å². The van der Waals surface area contributed by atoms with Gasteiger partial charge in [-0.3, -0.25) is 4.79 Å². The first-order chi connectivity index (χ1) is 11.5. The zero-order valence-corrected chi connectivity index (χ0v) is 16.7. The van der Waals surface area contributed by atoms with Gasteiger partial charge in [0, 0.05) is 31.0 Å². The van der Waals surface area contributed by atoms with Crippen molar-refractivity contribution in [1.29, 1.82) is 0 Å². The molecule has 7 heteroatoms. The molecular weight excluding hydrogens is 371 g/mol. The van der Waals surface area contributed by atoms with Crippen molar-refractivity contribution in [3.05, 3.63) is 54.1 Å². The number of hydrogen-bond acceptors (Lipinski definition) is 3. The summed E-state index contributed by atoms with van der Waals surface area (Å²) < 4.78 is 2.03. The summed E-state index contributed by atoms with van der Waals surface area (Å²) in [7, 11) is 0. The molecule has 0 aliphatic heterocycles. The van der Waals surface area contributed by atoms with Crippen molar-refractivity contribution in [2.75, 3.05) is 0 Å². The predicted octanol–water partition coefficient (Wildman–Crippen LogP) is 3.30. The van der Waals surface area contributed by atoms with E-state index in [0.717, 1.165) is 37.8 Å². The van der Waals surface area contributed by atoms with Gasteiger partial charge >= 0.3 is 0 Å². The molecule has 5 nitrogen and oxygen atoms in total. The van der Waals surface area contributed by atoms with E-state index in [0.29, 0.717) is 6.54 Å². The highest BCUT2D eigenvalue weighted by Crippen LogP contribution is 2.31. The Labute approximate surface area is 167 Å². The minimum atomic E-state index is -0.378. The first kappa shape index (κ1) is 22.5. The van der Waals surface area contributed by atoms with Crippen LogP contribution in [0.2, 0.25) is 0 Å². The van der Waals surface area contributed by atoms with Crippen LogP contribution in [0.15, 0.2) is 43.0 Å². The molecule has 1 aromatic heterocycles. The predicted molar refractivity (Wildman–Crippen MR) is 109 cm³/mol. The number of aromatic nitrogens is 2. The number of halogens is 2. The minimum absolute atomic E-state index is 0. The van der Waals surface area contributed by atoms with E-state index in [1.54, 1.807) is 6.20 Å². The molecule has 2 aromatic rings. The second kappa shape index (κ2) is 9.95. The van der Waals surface area contributed by atoms with E-state index in [1.807, 2.05) is 24.0 Å². The van der Waals surface area contributed by atoms with Crippen molar-refractivity contribution >= 4 is 30.7 Å². The number of nitrogens with zero attached hydrogens (tertiary/aromatic N) is 2. The molecule has 2 unspecified atom stereocenters. The molecule has 26 heavy (non-hydrogen) atoms. The Kier molecular flexibility index (Phi) is 8.60. The molecule has 2 atom stereocenters. The van der Waals surface area contributed by atoms with Crippen LogP contribution in [-0.2, 0) is 17.9 Å². The average Bonchev–Trinajstić information content (AvgIpc) is 3.06. The zero-order chi connectivity index (χ0) is 17.0. The van der Waals surface area contributed by atoms with Gasteiger partial charge in [0.1, 0.15) is 0 Å². The van der Waals surface area contributed by atoms with E-state index in [2.05, 4.69) is 34.6 Å². The lowest BCUT2D eigenvalue weighted by Gasteiger charge is -2.37. The Morgan fingerprint density at radius 3 is 2.58 bits per heavy atom. The van der Waals surface area contributed by atoms with Crippen LogP contribution in [0.25, 0.3) is 0 Å². The summed E-state index contributed by atoms with van der Waals surface area (Å²) >= 11 is 0. The first-order valence-electron chi connectivity index (χ1n) is 8.65. The molecule has 1 amide bonds. The maximum atomic E-state index is 12.5. The van der Waals surface area contributed by atoms with Crippen molar-refractivity contribution < 1.29 is 4.79 Å². The lowest BCUT2D eigenvalue weighted by molar-refractivity contribution is -0.128. The van der Waals surface area contributed by atoms with Gasteiger partial charge in [0.25, 0.3) is 0 Å². The van der Waals surface area contributed by atoms with Crippen LogP contribution in [-0.4, -0.2) is 21.0 Å². The highest BCUT2D eigenvalue weighted by molar-refractivity contribution is 5.85. The average molecular weight is 399 g/mol. The zero-order valence-electron chi connectivity index (χ0n) is 15.1. The van der Waals surface area contributed by atoms with E-state index in [-0.39, 0.29) is 42.2 Å². The number of benzene rings is 1. The summed E-state index contributed by atoms with van der Waals surface area (Å²) in [6, 6.07) is 8.31. The van der Waals surface area contributed by atoms with Gasteiger partial charge in [0.05, 0.1) is 12.2 Å². The van der Waals surface area contributed by atoms with E-state index < -0.39 is 0 Å². The number of nitrogens with one attached hydrogen (secondary N) is 1. The van der Waals surface area contributed by atoms with E-state index in [4.69, 9.17) is 5.73 Å². The third-order valence-corrected chi connectivity index (χ3v) is 4.98. The largest absolute Gasteiger partial charge is 0.352 e. The van der Waals surface area contributed by atoms with Crippen LogP contribution < -0.4 is 11.1 Å². The number of imidazole rings is 1. The third kappa shape index (κ3) is 5.73. The molecule has 144 valence electrons. The van der Waals surface area contributed by atoms with Gasteiger partial charge in [-0.1, -0.05) is 37.1 Å². The molecule has 1 aliphatic rings. The van der Waals surface area contributed by atoms with Crippen LogP contribution in [0.4, 0.5) is 0 Å². The summed E-state index contributed by atoms with van der Waals surface area (Å²) in [5.74, 6) is 0.00829. The maximum absolute atomic E-state index is 12.5. The highest BCUT2D eigenvalue weighted by Gasteiger charge is 2.37. The van der Waals surface area contributed by atoms with Crippen molar-refractivity contribution in [3.63, 3.8) is 0 Å². The summed E-state index contributed by atoms with van der Waals surface area (Å²) in [5.41, 5.74) is 8.25. The maximum Gasteiger partial charge on any atom is 0.225 e. The molecular formula is C19H28Cl2N4O. The van der Waals surface area contributed by atoms with E-state index in [9.17, 15) is 4.79 Å². The topological polar surface area (TPSA) is 72.9 Å². The Bertz CT molecular complexity index is 671. The number of nitrogens with two attached hydrogens (primary N) is 1. The molecule has 3 N–H and O–H groups in total. The standard InChI is InChI=1S/C19H26N4O.2ClH/c1-19(20)9-3-2-4-17(19)18(24)22-12-15-5-7-16(8-6-15)13-23-11-10-21-14-23;;/h5-8,10-11,14,17H,2-4,9,12-13,20H2,1H3,(H,22,24);2*1H. The quantitative estimate of drug-likeness (QED) is 0.810. The van der Waals surface area contributed by atoms with E-state index >= 15 is 0 Å². The second-order valence-electron chi connectivity index (χ2n) is 7.07. The fourth-order valence-electron chi connectivity index (χ4n) is 3.45. The first-order valence-corrected chi connectivity index (χ1v) is 8.65. The fourth-order valence-corrected chi connectivity index (χ4v) is 3.45. The van der Waals surface area contributed by atoms with Gasteiger partial charge in [0.2, 0.25) is 5.91 Å². The monoisotopic (exact) mass is 398 g/mol. The van der Waals surface area contributed by atoms with Crippen LogP contribution in [0.5, 0.6) is 0 Å². The summed E-state index contributed by atoms with van der Waals surface area (Å²) in [6.07, 6.45) is 9.56. The number of amides is 1. The molecule has 0 radical (unpaired) electrons. The molecule has 3 rings (SSSR count). The number of rotatable bonds is 5. The third-order valence-electron chi connectivity index (χ3n) is 4.98. The van der Waals surface area contributed by atoms with Gasteiger partial charge in [-0.25, -0.2) is 4.98 Å². The molecule has 1 aromatic carbocycles. The summed E-state index contributed by atoms with van der Waals surface area (Å²) in [6.45, 7) is 3.36. The molecule has 1 heterocycles. The van der Waals surface area contributed by atoms with Gasteiger partial charge in [-0.05, 0) is 30.9 Å². The fraction of sp³-hybridized carbons (Fsp3) is 0.474. The number of hydrogen-bond donors (Lipinski definition) is 2. The summed E-state index contributed by atoms with van der Waals surface area (Å²) in [5, 5.41) is 3.06.